The maximum atomic E-state index is 12.2. The second-order valence-corrected chi connectivity index (χ2v) is 8.79. The number of aliphatic carboxylic acids is 1. The van der Waals surface area contributed by atoms with Crippen molar-refractivity contribution < 1.29 is 28.8 Å². The lowest BCUT2D eigenvalue weighted by Crippen LogP contribution is -2.46. The van der Waals surface area contributed by atoms with Gasteiger partial charge < -0.3 is 24.1 Å². The van der Waals surface area contributed by atoms with Crippen LogP contribution in [-0.4, -0.2) is 49.9 Å². The molecule has 4 rings (SSSR count). The molecule has 1 aliphatic rings. The van der Waals surface area contributed by atoms with Crippen LogP contribution in [0.15, 0.2) is 66.7 Å². The average Bonchev–Trinajstić information content (AvgIpc) is 2.93. The zero-order chi connectivity index (χ0) is 25.5. The predicted molar refractivity (Wildman–Crippen MR) is 137 cm³/mol. The van der Waals surface area contributed by atoms with E-state index in [0.717, 1.165) is 29.5 Å². The van der Waals surface area contributed by atoms with Crippen LogP contribution in [0.5, 0.6) is 23.0 Å². The van der Waals surface area contributed by atoms with Crippen molar-refractivity contribution in [2.45, 2.75) is 38.0 Å². The summed E-state index contributed by atoms with van der Waals surface area (Å²) in [6, 6.07) is 20.6. The topological polar surface area (TPSA) is 77.5 Å². The van der Waals surface area contributed by atoms with Gasteiger partial charge in [-0.2, -0.15) is 0 Å². The number of methoxy groups -OCH3 is 3. The Morgan fingerprint density at radius 3 is 2.08 bits per heavy atom. The second-order valence-electron chi connectivity index (χ2n) is 8.79. The highest BCUT2D eigenvalue weighted by Gasteiger charge is 2.35. The highest BCUT2D eigenvalue weighted by molar-refractivity contribution is 5.74. The van der Waals surface area contributed by atoms with E-state index in [2.05, 4.69) is 4.90 Å². The number of hydrogen-bond donors (Lipinski definition) is 1. The molecule has 0 amide bonds. The van der Waals surface area contributed by atoms with Gasteiger partial charge in [-0.3, -0.25) is 9.69 Å². The number of ether oxygens (including phenoxy) is 4. The van der Waals surface area contributed by atoms with E-state index in [4.69, 9.17) is 18.9 Å². The number of carboxylic acid groups (broad SMARTS) is 1. The second kappa shape index (κ2) is 11.8. The Labute approximate surface area is 212 Å². The van der Waals surface area contributed by atoms with Gasteiger partial charge in [-0.25, -0.2) is 0 Å². The molecule has 7 nitrogen and oxygen atoms in total. The van der Waals surface area contributed by atoms with E-state index >= 15 is 0 Å². The van der Waals surface area contributed by atoms with Crippen molar-refractivity contribution in [2.75, 3.05) is 27.9 Å². The summed E-state index contributed by atoms with van der Waals surface area (Å²) in [6.45, 7) is 1.09. The van der Waals surface area contributed by atoms with Gasteiger partial charge in [0.15, 0.2) is 23.0 Å². The quantitative estimate of drug-likeness (QED) is 0.411. The molecule has 0 spiro atoms. The third-order valence-corrected chi connectivity index (χ3v) is 6.62. The van der Waals surface area contributed by atoms with E-state index in [1.54, 1.807) is 21.3 Å². The maximum Gasteiger partial charge on any atom is 0.320 e. The van der Waals surface area contributed by atoms with Crippen LogP contribution in [0.3, 0.4) is 0 Å². The Kier molecular flexibility index (Phi) is 8.33. The van der Waals surface area contributed by atoms with Gasteiger partial charge in [0.2, 0.25) is 0 Å². The molecule has 0 radical (unpaired) electrons. The van der Waals surface area contributed by atoms with Crippen LogP contribution in [0.25, 0.3) is 0 Å². The van der Waals surface area contributed by atoms with Crippen LogP contribution in [0.1, 0.15) is 42.0 Å². The van der Waals surface area contributed by atoms with E-state index in [-0.39, 0.29) is 6.04 Å². The number of benzene rings is 3. The van der Waals surface area contributed by atoms with Crippen LogP contribution in [0.4, 0.5) is 0 Å². The van der Waals surface area contributed by atoms with Crippen molar-refractivity contribution in [1.82, 2.24) is 4.90 Å². The van der Waals surface area contributed by atoms with Gasteiger partial charge in [-0.15, -0.1) is 0 Å². The van der Waals surface area contributed by atoms with Crippen LogP contribution in [0.2, 0.25) is 0 Å². The lowest BCUT2D eigenvalue weighted by Gasteiger charge is -2.40. The SMILES string of the molecule is COc1ccc(C(c2ccc(OCc3ccccc3)c(OC)c2)N2CCCCC2C(=O)O)cc1OC. The molecule has 36 heavy (non-hydrogen) atoms. The van der Waals surface area contributed by atoms with Gasteiger partial charge in [0.25, 0.3) is 0 Å². The van der Waals surface area contributed by atoms with Crippen molar-refractivity contribution in [2.24, 2.45) is 0 Å². The van der Waals surface area contributed by atoms with Gasteiger partial charge >= 0.3 is 5.97 Å². The molecular weight excluding hydrogens is 458 g/mol. The first-order chi connectivity index (χ1) is 17.5. The molecule has 2 atom stereocenters. The number of rotatable bonds is 10. The Bertz CT molecular complexity index is 1170. The van der Waals surface area contributed by atoms with Gasteiger partial charge in [0, 0.05) is 0 Å². The molecule has 0 saturated carbocycles. The number of carbonyl (C=O) groups is 1. The maximum absolute atomic E-state index is 12.2. The molecule has 0 bridgehead atoms. The summed E-state index contributed by atoms with van der Waals surface area (Å²) in [6.07, 6.45) is 2.43. The number of likely N-dealkylation sites (tertiary alicyclic amines) is 1. The predicted octanol–water partition coefficient (Wildman–Crippen LogP) is 5.32. The Hall–Kier alpha value is -3.71. The lowest BCUT2D eigenvalue weighted by atomic mass is 9.91. The summed E-state index contributed by atoms with van der Waals surface area (Å²) in [5.41, 5.74) is 2.89. The molecule has 0 aliphatic carbocycles. The van der Waals surface area contributed by atoms with Gasteiger partial charge in [0.1, 0.15) is 12.6 Å². The van der Waals surface area contributed by atoms with Crippen molar-refractivity contribution in [3.63, 3.8) is 0 Å². The van der Waals surface area contributed by atoms with Crippen molar-refractivity contribution in [1.29, 1.82) is 0 Å². The van der Waals surface area contributed by atoms with E-state index in [0.29, 0.717) is 42.6 Å². The third kappa shape index (κ3) is 5.57. The molecular formula is C29H33NO6. The summed E-state index contributed by atoms with van der Waals surface area (Å²) in [4.78, 5) is 14.3. The molecule has 1 saturated heterocycles. The van der Waals surface area contributed by atoms with Crippen LogP contribution >= 0.6 is 0 Å². The van der Waals surface area contributed by atoms with Crippen LogP contribution < -0.4 is 18.9 Å². The highest BCUT2D eigenvalue weighted by Crippen LogP contribution is 2.40. The summed E-state index contributed by atoms with van der Waals surface area (Å²) in [5, 5.41) is 10.0. The monoisotopic (exact) mass is 491 g/mol. The smallest absolute Gasteiger partial charge is 0.320 e. The summed E-state index contributed by atoms with van der Waals surface area (Å²) < 4.78 is 22.7. The largest absolute Gasteiger partial charge is 0.493 e. The fourth-order valence-electron chi connectivity index (χ4n) is 4.84. The molecule has 190 valence electrons. The third-order valence-electron chi connectivity index (χ3n) is 6.62. The zero-order valence-electron chi connectivity index (χ0n) is 21.0. The summed E-state index contributed by atoms with van der Waals surface area (Å²) in [7, 11) is 4.81. The van der Waals surface area contributed by atoms with Crippen molar-refractivity contribution in [3.8, 4) is 23.0 Å². The first kappa shape index (κ1) is 25.4. The summed E-state index contributed by atoms with van der Waals surface area (Å²) in [5.74, 6) is 1.63. The minimum absolute atomic E-state index is 0.316. The van der Waals surface area contributed by atoms with E-state index in [9.17, 15) is 9.90 Å². The van der Waals surface area contributed by atoms with Crippen molar-refractivity contribution in [3.05, 3.63) is 83.4 Å². The standard InChI is InChI=1S/C29H33NO6/c1-33-24-14-12-21(17-26(24)34-2)28(30-16-8-7-11-23(30)29(31)32)22-13-15-25(27(18-22)35-3)36-19-20-9-5-4-6-10-20/h4-6,9-10,12-15,17-18,23,28H,7-8,11,16,19H2,1-3H3,(H,31,32). The zero-order valence-corrected chi connectivity index (χ0v) is 21.0. The van der Waals surface area contributed by atoms with Crippen LogP contribution in [-0.2, 0) is 11.4 Å². The van der Waals surface area contributed by atoms with Gasteiger partial charge in [-0.1, -0.05) is 48.9 Å². The Morgan fingerprint density at radius 2 is 1.47 bits per heavy atom. The summed E-state index contributed by atoms with van der Waals surface area (Å²) >= 11 is 0. The van der Waals surface area contributed by atoms with E-state index in [1.807, 2.05) is 66.7 Å². The minimum atomic E-state index is -0.810. The Balaban J connectivity index is 1.74. The molecule has 7 heteroatoms. The molecule has 1 heterocycles. The molecule has 1 fully saturated rings. The number of hydrogen-bond acceptors (Lipinski definition) is 6. The molecule has 2 unspecified atom stereocenters. The molecule has 1 N–H and O–H groups in total. The highest BCUT2D eigenvalue weighted by atomic mass is 16.5. The van der Waals surface area contributed by atoms with E-state index < -0.39 is 12.0 Å². The number of carboxylic acids is 1. The number of piperidine rings is 1. The molecule has 0 aromatic heterocycles. The van der Waals surface area contributed by atoms with E-state index in [1.165, 1.54) is 0 Å². The molecule has 1 aliphatic heterocycles. The first-order valence-electron chi connectivity index (χ1n) is 12.1. The Morgan fingerprint density at radius 1 is 0.861 bits per heavy atom. The lowest BCUT2D eigenvalue weighted by molar-refractivity contribution is -0.145. The first-order valence-corrected chi connectivity index (χ1v) is 12.1. The minimum Gasteiger partial charge on any atom is -0.493 e. The fraction of sp³-hybridized carbons (Fsp3) is 0.345. The average molecular weight is 492 g/mol. The van der Waals surface area contributed by atoms with Gasteiger partial charge in [-0.05, 0) is 60.3 Å². The normalized spacial score (nSPS) is 16.7. The van der Waals surface area contributed by atoms with Crippen LogP contribution in [0, 0.1) is 0 Å². The number of nitrogens with zero attached hydrogens (tertiary/aromatic N) is 1. The molecule has 3 aromatic carbocycles. The van der Waals surface area contributed by atoms with Gasteiger partial charge in [0.05, 0.1) is 27.4 Å². The van der Waals surface area contributed by atoms with Crippen molar-refractivity contribution >= 4 is 5.97 Å². The molecule has 3 aromatic rings. The fourth-order valence-corrected chi connectivity index (χ4v) is 4.84.